The number of benzene rings is 6. The van der Waals surface area contributed by atoms with Gasteiger partial charge in [0.2, 0.25) is 0 Å². The highest BCUT2D eigenvalue weighted by Crippen LogP contribution is 2.38. The molecule has 0 bridgehead atoms. The Hall–Kier alpha value is -4.69. The molecule has 0 radical (unpaired) electrons. The van der Waals surface area contributed by atoms with Gasteiger partial charge in [-0.25, -0.2) is 0 Å². The lowest BCUT2D eigenvalue weighted by Crippen LogP contribution is -2.26. The van der Waals surface area contributed by atoms with Gasteiger partial charge >= 0.3 is 0 Å². The second-order valence-corrected chi connectivity index (χ2v) is 9.23. The van der Waals surface area contributed by atoms with Crippen LogP contribution in [0, 0.1) is 0 Å². The van der Waals surface area contributed by atoms with Crippen LogP contribution in [0.3, 0.4) is 0 Å². The van der Waals surface area contributed by atoms with E-state index in [9.17, 15) is 0 Å². The van der Waals surface area contributed by atoms with Crippen LogP contribution in [0.4, 0.5) is 0 Å². The van der Waals surface area contributed by atoms with Crippen LogP contribution >= 0.6 is 0 Å². The van der Waals surface area contributed by atoms with E-state index in [4.69, 9.17) is 4.99 Å². The Labute approximate surface area is 210 Å². The van der Waals surface area contributed by atoms with Gasteiger partial charge in [0.25, 0.3) is 0 Å². The summed E-state index contributed by atoms with van der Waals surface area (Å²) in [6, 6.07) is 43.4. The highest BCUT2D eigenvalue weighted by molar-refractivity contribution is 6.26. The third-order valence-corrected chi connectivity index (χ3v) is 7.10. The second kappa shape index (κ2) is 8.51. The molecule has 0 amide bonds. The van der Waals surface area contributed by atoms with Gasteiger partial charge in [-0.2, -0.15) is 0 Å². The average molecular weight is 461 g/mol. The summed E-state index contributed by atoms with van der Waals surface area (Å²) in [5.41, 5.74) is 5.86. The number of amidine groups is 1. The van der Waals surface area contributed by atoms with E-state index < -0.39 is 0 Å². The number of nitrogens with zero attached hydrogens (tertiary/aromatic N) is 1. The molecule has 2 nitrogen and oxygen atoms in total. The molecule has 0 spiro atoms. The molecule has 170 valence electrons. The van der Waals surface area contributed by atoms with Crippen LogP contribution in [0.15, 0.2) is 132 Å². The van der Waals surface area contributed by atoms with E-state index in [0.29, 0.717) is 6.54 Å². The largest absolute Gasteiger partial charge is 0.340 e. The number of rotatable bonds is 3. The summed E-state index contributed by atoms with van der Waals surface area (Å²) in [6.07, 6.45) is 2.17. The van der Waals surface area contributed by atoms with Gasteiger partial charge in [-0.05, 0) is 67.2 Å². The van der Waals surface area contributed by atoms with Crippen LogP contribution in [0.5, 0.6) is 0 Å². The highest BCUT2D eigenvalue weighted by atomic mass is 15.0. The molecule has 0 atom stereocenters. The SMILES string of the molecule is C1=C(c2ccc3c(c2)c2ccccc2c2ccc(-c4ccccc4)cc23)NC(c2ccccc2)=NC1. The average Bonchev–Trinajstić information content (AvgIpc) is 2.98. The van der Waals surface area contributed by atoms with Gasteiger partial charge in [0.05, 0.1) is 6.54 Å². The lowest BCUT2D eigenvalue weighted by Gasteiger charge is -2.19. The van der Waals surface area contributed by atoms with Crippen molar-refractivity contribution in [2.75, 3.05) is 6.54 Å². The Bertz CT molecular complexity index is 1810. The first-order chi connectivity index (χ1) is 17.8. The fourth-order valence-electron chi connectivity index (χ4n) is 5.33. The molecule has 36 heavy (non-hydrogen) atoms. The molecule has 1 heterocycles. The number of aliphatic imine (C=N–C) groups is 1. The first-order valence-electron chi connectivity index (χ1n) is 12.4. The van der Waals surface area contributed by atoms with E-state index in [-0.39, 0.29) is 0 Å². The zero-order chi connectivity index (χ0) is 23.9. The molecule has 1 aliphatic heterocycles. The lowest BCUT2D eigenvalue weighted by atomic mass is 9.91. The Morgan fingerprint density at radius 2 is 0.972 bits per heavy atom. The van der Waals surface area contributed by atoms with Crippen molar-refractivity contribution in [1.29, 1.82) is 0 Å². The third kappa shape index (κ3) is 3.47. The Balaban J connectivity index is 1.40. The summed E-state index contributed by atoms with van der Waals surface area (Å²) in [7, 11) is 0. The quantitative estimate of drug-likeness (QED) is 0.264. The Morgan fingerprint density at radius 3 is 1.69 bits per heavy atom. The molecule has 6 aromatic rings. The second-order valence-electron chi connectivity index (χ2n) is 9.23. The van der Waals surface area contributed by atoms with Crippen molar-refractivity contribution < 1.29 is 0 Å². The van der Waals surface area contributed by atoms with Crippen molar-refractivity contribution in [3.8, 4) is 11.1 Å². The molecule has 0 saturated carbocycles. The monoisotopic (exact) mass is 460 g/mol. The van der Waals surface area contributed by atoms with Crippen molar-refractivity contribution in [3.05, 3.63) is 139 Å². The molecule has 0 aromatic heterocycles. The summed E-state index contributed by atoms with van der Waals surface area (Å²) in [5.74, 6) is 0.920. The van der Waals surface area contributed by atoms with Gasteiger partial charge in [-0.15, -0.1) is 0 Å². The number of hydrogen-bond donors (Lipinski definition) is 1. The van der Waals surface area contributed by atoms with Crippen LogP contribution in [0.25, 0.3) is 49.1 Å². The molecule has 0 saturated heterocycles. The van der Waals surface area contributed by atoms with Crippen LogP contribution in [0.2, 0.25) is 0 Å². The van der Waals surface area contributed by atoms with Gasteiger partial charge in [-0.1, -0.05) is 109 Å². The van der Waals surface area contributed by atoms with E-state index in [1.54, 1.807) is 0 Å². The van der Waals surface area contributed by atoms with Crippen molar-refractivity contribution in [1.82, 2.24) is 5.32 Å². The van der Waals surface area contributed by atoms with E-state index in [1.807, 2.05) is 6.07 Å². The van der Waals surface area contributed by atoms with Gasteiger partial charge < -0.3 is 5.32 Å². The van der Waals surface area contributed by atoms with Gasteiger partial charge in [0.1, 0.15) is 5.84 Å². The normalized spacial score (nSPS) is 13.4. The lowest BCUT2D eigenvalue weighted by molar-refractivity contribution is 1.12. The molecule has 0 unspecified atom stereocenters. The van der Waals surface area contributed by atoms with Gasteiger partial charge in [0.15, 0.2) is 0 Å². The molecule has 0 aliphatic carbocycles. The summed E-state index contributed by atoms with van der Waals surface area (Å²) >= 11 is 0. The maximum Gasteiger partial charge on any atom is 0.133 e. The molecule has 1 N–H and O–H groups in total. The summed E-state index contributed by atoms with van der Waals surface area (Å²) in [4.78, 5) is 4.70. The molecule has 7 rings (SSSR count). The minimum atomic E-state index is 0.670. The van der Waals surface area contributed by atoms with E-state index >= 15 is 0 Å². The van der Waals surface area contributed by atoms with Crippen LogP contribution in [-0.2, 0) is 0 Å². The minimum absolute atomic E-state index is 0.670. The minimum Gasteiger partial charge on any atom is -0.340 e. The summed E-state index contributed by atoms with van der Waals surface area (Å²) in [5, 5.41) is 11.3. The molecular formula is C34H24N2. The van der Waals surface area contributed by atoms with Crippen molar-refractivity contribution in [2.24, 2.45) is 4.99 Å². The smallest absolute Gasteiger partial charge is 0.133 e. The molecule has 6 aromatic carbocycles. The van der Waals surface area contributed by atoms with Crippen molar-refractivity contribution in [2.45, 2.75) is 0 Å². The predicted molar refractivity (Wildman–Crippen MR) is 153 cm³/mol. The Morgan fingerprint density at radius 1 is 0.444 bits per heavy atom. The zero-order valence-electron chi connectivity index (χ0n) is 19.8. The highest BCUT2D eigenvalue weighted by Gasteiger charge is 2.14. The molecule has 2 heteroatoms. The summed E-state index contributed by atoms with van der Waals surface area (Å²) < 4.78 is 0. The maximum atomic E-state index is 4.70. The van der Waals surface area contributed by atoms with E-state index in [2.05, 4.69) is 127 Å². The van der Waals surface area contributed by atoms with Crippen LogP contribution < -0.4 is 5.32 Å². The van der Waals surface area contributed by atoms with Gasteiger partial charge in [-0.3, -0.25) is 4.99 Å². The van der Waals surface area contributed by atoms with Crippen LogP contribution in [0.1, 0.15) is 11.1 Å². The Kier molecular flexibility index (Phi) is 4.89. The van der Waals surface area contributed by atoms with E-state index in [0.717, 1.165) is 17.1 Å². The molecule has 0 fully saturated rings. The fourth-order valence-corrected chi connectivity index (χ4v) is 5.33. The number of fused-ring (bicyclic) bond motifs is 6. The van der Waals surface area contributed by atoms with Crippen molar-refractivity contribution in [3.63, 3.8) is 0 Å². The first kappa shape index (κ1) is 20.7. The standard InChI is InChI=1S/C34H24N2/c1-3-9-23(10-4-1)25-15-17-29-27-13-7-8-14-28(27)32-22-26(16-18-30(32)31(29)21-25)33-19-20-35-34(36-33)24-11-5-2-6-12-24/h1-19,21-22H,20H2,(H,35,36). The molecule has 1 aliphatic rings. The van der Waals surface area contributed by atoms with E-state index in [1.165, 1.54) is 49.0 Å². The topological polar surface area (TPSA) is 24.4 Å². The predicted octanol–water partition coefficient (Wildman–Crippen LogP) is 8.20. The maximum absolute atomic E-state index is 4.70. The van der Waals surface area contributed by atoms with Gasteiger partial charge in [0, 0.05) is 11.3 Å². The zero-order valence-corrected chi connectivity index (χ0v) is 19.8. The number of hydrogen-bond acceptors (Lipinski definition) is 2. The number of nitrogens with one attached hydrogen (secondary N) is 1. The van der Waals surface area contributed by atoms with Crippen molar-refractivity contribution >= 4 is 43.9 Å². The first-order valence-corrected chi connectivity index (χ1v) is 12.4. The third-order valence-electron chi connectivity index (χ3n) is 7.10. The fraction of sp³-hybridized carbons (Fsp3) is 0.0294. The molecular weight excluding hydrogens is 436 g/mol. The summed E-state index contributed by atoms with van der Waals surface area (Å²) in [6.45, 7) is 0.670. The van der Waals surface area contributed by atoms with Crippen LogP contribution in [-0.4, -0.2) is 12.4 Å².